The highest BCUT2D eigenvalue weighted by atomic mass is 15.2. The van der Waals surface area contributed by atoms with Crippen LogP contribution in [0, 0.1) is 6.92 Å². The van der Waals surface area contributed by atoms with Crippen molar-refractivity contribution in [1.29, 1.82) is 0 Å². The van der Waals surface area contributed by atoms with Gasteiger partial charge in [0.2, 0.25) is 0 Å². The van der Waals surface area contributed by atoms with Crippen LogP contribution in [0.15, 0.2) is 12.4 Å². The normalized spacial score (nSPS) is 26.3. The number of nitrogens with zero attached hydrogens (tertiary/aromatic N) is 3. The molecule has 1 aliphatic heterocycles. The third-order valence-corrected chi connectivity index (χ3v) is 3.99. The Kier molecular flexibility index (Phi) is 4.18. The molecule has 0 radical (unpaired) electrons. The molecule has 17 heavy (non-hydrogen) atoms. The van der Waals surface area contributed by atoms with Crippen LogP contribution in [0.2, 0.25) is 0 Å². The third kappa shape index (κ3) is 2.87. The third-order valence-electron chi connectivity index (χ3n) is 3.99. The van der Waals surface area contributed by atoms with Crippen molar-refractivity contribution in [2.45, 2.75) is 51.7 Å². The molecule has 2 atom stereocenters. The monoisotopic (exact) mass is 236 g/mol. The summed E-state index contributed by atoms with van der Waals surface area (Å²) in [4.78, 5) is 6.83. The van der Waals surface area contributed by atoms with E-state index in [0.29, 0.717) is 12.1 Å². The predicted octanol–water partition coefficient (Wildman–Crippen LogP) is 1.39. The average Bonchev–Trinajstić information content (AvgIpc) is 2.73. The van der Waals surface area contributed by atoms with Crippen LogP contribution < -0.4 is 5.73 Å². The maximum absolute atomic E-state index is 5.87. The summed E-state index contributed by atoms with van der Waals surface area (Å²) in [6.07, 6.45) is 7.81. The molecule has 0 aromatic carbocycles. The zero-order valence-electron chi connectivity index (χ0n) is 11.0. The molecule has 1 fully saturated rings. The number of aromatic nitrogens is 2. The van der Waals surface area contributed by atoms with Crippen LogP contribution >= 0.6 is 0 Å². The van der Waals surface area contributed by atoms with Crippen molar-refractivity contribution in [3.8, 4) is 0 Å². The van der Waals surface area contributed by atoms with E-state index in [1.165, 1.54) is 19.3 Å². The van der Waals surface area contributed by atoms with E-state index < -0.39 is 0 Å². The lowest BCUT2D eigenvalue weighted by molar-refractivity contribution is 0.0929. The van der Waals surface area contributed by atoms with E-state index in [2.05, 4.69) is 34.5 Å². The van der Waals surface area contributed by atoms with E-state index in [1.54, 1.807) is 0 Å². The van der Waals surface area contributed by atoms with E-state index in [-0.39, 0.29) is 0 Å². The molecule has 1 saturated heterocycles. The lowest BCUT2D eigenvalue weighted by atomic mass is 9.96. The molecule has 1 aromatic heterocycles. The molecule has 2 unspecified atom stereocenters. The summed E-state index contributed by atoms with van der Waals surface area (Å²) in [6.45, 7) is 7.27. The highest BCUT2D eigenvalue weighted by Crippen LogP contribution is 2.21. The number of rotatable bonds is 4. The van der Waals surface area contributed by atoms with Crippen molar-refractivity contribution in [2.24, 2.45) is 5.73 Å². The van der Waals surface area contributed by atoms with Crippen molar-refractivity contribution in [2.75, 3.05) is 13.1 Å². The summed E-state index contributed by atoms with van der Waals surface area (Å²) >= 11 is 0. The maximum Gasteiger partial charge on any atom is 0.105 e. The van der Waals surface area contributed by atoms with Gasteiger partial charge in [-0.15, -0.1) is 0 Å². The van der Waals surface area contributed by atoms with Gasteiger partial charge in [0.25, 0.3) is 0 Å². The van der Waals surface area contributed by atoms with Crippen LogP contribution in [-0.2, 0) is 6.54 Å². The van der Waals surface area contributed by atoms with E-state index in [9.17, 15) is 0 Å². The van der Waals surface area contributed by atoms with Gasteiger partial charge in [-0.05, 0) is 26.7 Å². The van der Waals surface area contributed by atoms with E-state index in [4.69, 9.17) is 5.73 Å². The highest BCUT2D eigenvalue weighted by molar-refractivity contribution is 4.90. The fraction of sp³-hybridized carbons (Fsp3) is 0.769. The van der Waals surface area contributed by atoms with Crippen LogP contribution in [0.1, 0.15) is 32.0 Å². The minimum atomic E-state index is 0.572. The Bertz CT molecular complexity index is 347. The van der Waals surface area contributed by atoms with E-state index in [0.717, 1.165) is 25.5 Å². The molecule has 2 rings (SSSR count). The Morgan fingerprint density at radius 2 is 2.24 bits per heavy atom. The highest BCUT2D eigenvalue weighted by Gasteiger charge is 2.26. The SMILES string of the molecule is Cc1nccn1CCN1C(C)CCCC1CN. The van der Waals surface area contributed by atoms with Crippen LogP contribution in [0.25, 0.3) is 0 Å². The molecule has 2 heterocycles. The minimum Gasteiger partial charge on any atom is -0.334 e. The first-order valence-electron chi connectivity index (χ1n) is 6.66. The van der Waals surface area contributed by atoms with Gasteiger partial charge in [-0.3, -0.25) is 4.90 Å². The molecule has 4 nitrogen and oxygen atoms in total. The zero-order valence-corrected chi connectivity index (χ0v) is 11.0. The molecule has 96 valence electrons. The molecule has 0 spiro atoms. The van der Waals surface area contributed by atoms with Gasteiger partial charge in [-0.1, -0.05) is 6.42 Å². The Morgan fingerprint density at radius 1 is 1.41 bits per heavy atom. The fourth-order valence-corrected chi connectivity index (χ4v) is 2.86. The summed E-state index contributed by atoms with van der Waals surface area (Å²) in [5.74, 6) is 1.10. The summed E-state index contributed by atoms with van der Waals surface area (Å²) < 4.78 is 2.22. The van der Waals surface area contributed by atoms with Crippen molar-refractivity contribution in [3.63, 3.8) is 0 Å². The van der Waals surface area contributed by atoms with Crippen LogP contribution in [0.3, 0.4) is 0 Å². The molecule has 0 saturated carbocycles. The van der Waals surface area contributed by atoms with Gasteiger partial charge in [0, 0.05) is 44.1 Å². The van der Waals surface area contributed by atoms with Crippen LogP contribution in [-0.4, -0.2) is 39.6 Å². The first-order chi connectivity index (χ1) is 8.22. The predicted molar refractivity (Wildman–Crippen MR) is 69.8 cm³/mol. The van der Waals surface area contributed by atoms with E-state index in [1.807, 2.05) is 6.20 Å². The molecular weight excluding hydrogens is 212 g/mol. The van der Waals surface area contributed by atoms with Crippen molar-refractivity contribution < 1.29 is 0 Å². The average molecular weight is 236 g/mol. The summed E-state index contributed by atoms with van der Waals surface area (Å²) in [5, 5.41) is 0. The summed E-state index contributed by atoms with van der Waals surface area (Å²) in [5.41, 5.74) is 5.87. The molecule has 0 aliphatic carbocycles. The second-order valence-electron chi connectivity index (χ2n) is 5.08. The molecule has 0 amide bonds. The molecular formula is C13H24N4. The lowest BCUT2D eigenvalue weighted by Crippen LogP contribution is -2.49. The van der Waals surface area contributed by atoms with Gasteiger partial charge >= 0.3 is 0 Å². The number of likely N-dealkylation sites (tertiary alicyclic amines) is 1. The topological polar surface area (TPSA) is 47.1 Å². The molecule has 0 bridgehead atoms. The standard InChI is InChI=1S/C13H24N4/c1-11-4-3-5-13(10-14)17(11)9-8-16-7-6-15-12(16)2/h6-7,11,13H,3-5,8-10,14H2,1-2H3. The van der Waals surface area contributed by atoms with Gasteiger partial charge in [0.1, 0.15) is 5.82 Å². The number of imidazole rings is 1. The Hall–Kier alpha value is -0.870. The molecule has 1 aliphatic rings. The maximum atomic E-state index is 5.87. The number of hydrogen-bond donors (Lipinski definition) is 1. The Balaban J connectivity index is 1.94. The number of piperidine rings is 1. The Morgan fingerprint density at radius 3 is 2.88 bits per heavy atom. The summed E-state index contributed by atoms with van der Waals surface area (Å²) in [6, 6.07) is 1.24. The van der Waals surface area contributed by atoms with Gasteiger partial charge < -0.3 is 10.3 Å². The quantitative estimate of drug-likeness (QED) is 0.859. The fourth-order valence-electron chi connectivity index (χ4n) is 2.86. The van der Waals surface area contributed by atoms with Gasteiger partial charge in [-0.25, -0.2) is 4.98 Å². The van der Waals surface area contributed by atoms with Gasteiger partial charge in [0.15, 0.2) is 0 Å². The smallest absolute Gasteiger partial charge is 0.105 e. The minimum absolute atomic E-state index is 0.572. The molecule has 1 aromatic rings. The lowest BCUT2D eigenvalue weighted by Gasteiger charge is -2.40. The number of aryl methyl sites for hydroxylation is 1. The molecule has 2 N–H and O–H groups in total. The largest absolute Gasteiger partial charge is 0.334 e. The van der Waals surface area contributed by atoms with E-state index >= 15 is 0 Å². The molecule has 4 heteroatoms. The second kappa shape index (κ2) is 5.65. The van der Waals surface area contributed by atoms with Gasteiger partial charge in [0.05, 0.1) is 0 Å². The van der Waals surface area contributed by atoms with Crippen molar-refractivity contribution in [3.05, 3.63) is 18.2 Å². The van der Waals surface area contributed by atoms with Crippen molar-refractivity contribution >= 4 is 0 Å². The van der Waals surface area contributed by atoms with Crippen LogP contribution in [0.4, 0.5) is 0 Å². The van der Waals surface area contributed by atoms with Gasteiger partial charge in [-0.2, -0.15) is 0 Å². The summed E-state index contributed by atoms with van der Waals surface area (Å²) in [7, 11) is 0. The first kappa shape index (κ1) is 12.6. The second-order valence-corrected chi connectivity index (χ2v) is 5.08. The van der Waals surface area contributed by atoms with Crippen molar-refractivity contribution in [1.82, 2.24) is 14.5 Å². The number of hydrogen-bond acceptors (Lipinski definition) is 3. The Labute approximate surface area is 104 Å². The van der Waals surface area contributed by atoms with Crippen LogP contribution in [0.5, 0.6) is 0 Å². The zero-order chi connectivity index (χ0) is 12.3. The number of nitrogens with two attached hydrogens (primary N) is 1. The first-order valence-corrected chi connectivity index (χ1v) is 6.66.